The molecule has 0 saturated heterocycles. The van der Waals surface area contributed by atoms with Crippen LogP contribution in [-0.2, 0) is 62.9 Å². The van der Waals surface area contributed by atoms with Crippen molar-refractivity contribution in [3.8, 4) is 17.1 Å². The summed E-state index contributed by atoms with van der Waals surface area (Å²) in [7, 11) is 4.77. The first-order valence-electron chi connectivity index (χ1n) is 39.5. The highest BCUT2D eigenvalue weighted by atomic mass is 79.9. The number of nitrogens with one attached hydrogen (secondary N) is 4. The van der Waals surface area contributed by atoms with Gasteiger partial charge in [0, 0.05) is 125 Å². The number of fused-ring (bicyclic) bond motifs is 9. The van der Waals surface area contributed by atoms with Crippen LogP contribution in [0.2, 0.25) is 0 Å². The molecule has 3 aliphatic rings. The number of nitrogens with zero attached hydrogens (tertiary/aromatic N) is 11. The van der Waals surface area contributed by atoms with Gasteiger partial charge in [0.2, 0.25) is 0 Å². The lowest BCUT2D eigenvalue weighted by Gasteiger charge is -2.31. The number of rotatable bonds is 14. The third kappa shape index (κ3) is 18.1. The van der Waals surface area contributed by atoms with Crippen molar-refractivity contribution >= 4 is 84.5 Å². The molecule has 616 valence electrons. The minimum atomic E-state index is -0.888. The molecule has 14 aromatic rings. The van der Waals surface area contributed by atoms with Gasteiger partial charge in [-0.3, -0.25) is 47.3 Å². The summed E-state index contributed by atoms with van der Waals surface area (Å²) in [6, 6.07) is 61.8. The first-order valence-corrected chi connectivity index (χ1v) is 41.1. The molecule has 121 heavy (non-hydrogen) atoms. The van der Waals surface area contributed by atoms with Gasteiger partial charge in [-0.1, -0.05) is 123 Å². The average molecular weight is 1750 g/mol. The lowest BCUT2D eigenvalue weighted by Crippen LogP contribution is -2.43. The largest absolute Gasteiger partial charge is 0.478 e. The van der Waals surface area contributed by atoms with Crippen LogP contribution in [0, 0.1) is 13.8 Å². The molecule has 0 bridgehead atoms. The fourth-order valence-electron chi connectivity index (χ4n) is 15.2. The molecular weight excluding hydrogens is 1660 g/mol. The fraction of sp³-hybridized carbons (Fsp3) is 0.226. The maximum absolute atomic E-state index is 14.2. The maximum atomic E-state index is 14.2. The maximum Gasteiger partial charge on any atom is 0.410 e. The summed E-state index contributed by atoms with van der Waals surface area (Å²) in [5, 5.41) is 33.9. The second-order valence-corrected chi connectivity index (χ2v) is 32.3. The molecule has 8 aromatic carbocycles. The normalized spacial score (nSPS) is 12.8. The Morgan fingerprint density at radius 3 is 1.15 bits per heavy atom. The van der Waals surface area contributed by atoms with Crippen LogP contribution >= 0.6 is 31.9 Å². The monoisotopic (exact) mass is 1750 g/mol. The van der Waals surface area contributed by atoms with E-state index in [-0.39, 0.29) is 53.4 Å². The van der Waals surface area contributed by atoms with E-state index >= 15 is 0 Å². The summed E-state index contributed by atoms with van der Waals surface area (Å²) in [6.07, 6.45) is 8.31. The third-order valence-corrected chi connectivity index (χ3v) is 23.2. The van der Waals surface area contributed by atoms with Crippen LogP contribution in [-0.4, -0.2) is 140 Å². The number of carbonyl (C=O) groups is 6. The minimum absolute atomic E-state index is 0.0218. The number of carboxylic acid groups (broad SMARTS) is 1. The van der Waals surface area contributed by atoms with Crippen molar-refractivity contribution in [2.75, 3.05) is 40.8 Å². The Morgan fingerprint density at radius 1 is 0.446 bits per heavy atom. The molecule has 0 spiro atoms. The lowest BCUT2D eigenvalue weighted by atomic mass is 10.0. The Hall–Kier alpha value is -13.4. The Kier molecular flexibility index (Phi) is 25.3. The predicted molar refractivity (Wildman–Crippen MR) is 469 cm³/mol. The van der Waals surface area contributed by atoms with Gasteiger partial charge in [-0.2, -0.15) is 15.3 Å². The number of carboxylic acids is 1. The minimum Gasteiger partial charge on any atom is -0.478 e. The zero-order chi connectivity index (χ0) is 85.5. The van der Waals surface area contributed by atoms with E-state index in [1.54, 1.807) is 140 Å². The number of aryl methyl sites for hydroxylation is 2. The number of ether oxygens (including phenoxy) is 1. The van der Waals surface area contributed by atoms with Crippen LogP contribution in [0.3, 0.4) is 0 Å². The van der Waals surface area contributed by atoms with Crippen molar-refractivity contribution in [3.63, 3.8) is 0 Å². The van der Waals surface area contributed by atoms with Gasteiger partial charge < -0.3 is 40.9 Å². The van der Waals surface area contributed by atoms with Crippen molar-refractivity contribution in [1.29, 1.82) is 0 Å². The van der Waals surface area contributed by atoms with E-state index in [1.165, 1.54) is 0 Å². The van der Waals surface area contributed by atoms with E-state index < -0.39 is 17.7 Å². The van der Waals surface area contributed by atoms with Crippen molar-refractivity contribution < 1.29 is 38.6 Å². The summed E-state index contributed by atoms with van der Waals surface area (Å²) >= 11 is 6.79. The molecule has 0 fully saturated rings. The molecule has 0 aliphatic carbocycles. The quantitative estimate of drug-likeness (QED) is 0.0676. The van der Waals surface area contributed by atoms with E-state index in [0.29, 0.717) is 125 Å². The number of benzene rings is 8. The smallest absolute Gasteiger partial charge is 0.410 e. The molecule has 5 N–H and O–H groups in total. The Bertz CT molecular complexity index is 6490. The highest BCUT2D eigenvalue weighted by molar-refractivity contribution is 9.10. The first kappa shape index (κ1) is 84.0. The topological polar surface area (TPSA) is 304 Å². The van der Waals surface area contributed by atoms with Gasteiger partial charge >= 0.3 is 12.1 Å². The number of amides is 5. The van der Waals surface area contributed by atoms with Crippen LogP contribution in [0.4, 0.5) is 4.79 Å². The van der Waals surface area contributed by atoms with Crippen LogP contribution in [0.1, 0.15) is 151 Å². The Labute approximate surface area is 713 Å². The summed E-state index contributed by atoms with van der Waals surface area (Å²) in [5.74, 6) is -1.52. The highest BCUT2D eigenvalue weighted by Crippen LogP contribution is 2.31. The summed E-state index contributed by atoms with van der Waals surface area (Å²) in [5.41, 5.74) is 18.0. The first-order chi connectivity index (χ1) is 58.3. The van der Waals surface area contributed by atoms with Crippen LogP contribution in [0.5, 0.6) is 0 Å². The molecule has 26 nitrogen and oxygen atoms in total. The standard InChI is InChI=1S/C32H28BrN5O3.C29H31N5O4.C24H23N5O2.C8H7BrO2/c1-20-16-23(10-13-27(20)33)31(40)36-15-14-26-28(19-36)38-30(24(18-35-38)17-21-6-4-3-5-7-21)37(32(26)41)25-11-8-22(9-12-25)29(39)34-2;1-29(2,3)38-28(37)32-15-14-23-24(18-32)34-26(21(17-31-34)16-19-8-6-5-7-9-19)33(27(23)36)22-12-10-20(11-13-22)25(35)30-4;1-25-22(30)17-7-9-19(10-8-17)28-23-18(13-16-5-3-2-4-6-16)14-27-29(23)21-15-26-12-11-20(21)24(28)31;1-5-4-6(8(10)11)2-3-7(5)9/h3-13,16,18H,14-15,17,19H2,1-2H3,(H,34,39);5-13,17H,14-16,18H2,1-4H3,(H,30,35);2-10,14,26H,11-13,15H2,1H3,(H,25,30);2-4H,1H3,(H,10,11). The fourth-order valence-corrected chi connectivity index (χ4v) is 15.7. The van der Waals surface area contributed by atoms with Crippen molar-refractivity contribution in [2.24, 2.45) is 0 Å². The molecule has 0 radical (unpaired) electrons. The van der Waals surface area contributed by atoms with Gasteiger partial charge in [0.15, 0.2) is 0 Å². The zero-order valence-electron chi connectivity index (χ0n) is 68.0. The van der Waals surface area contributed by atoms with Crippen molar-refractivity contribution in [1.82, 2.24) is 73.6 Å². The molecule has 6 aromatic heterocycles. The molecule has 5 amide bonds. The molecule has 28 heteroatoms. The molecule has 0 unspecified atom stereocenters. The molecule has 9 heterocycles. The molecule has 0 atom stereocenters. The lowest BCUT2D eigenvalue weighted by molar-refractivity contribution is 0.0218. The zero-order valence-corrected chi connectivity index (χ0v) is 71.1. The number of aromatic nitrogens is 9. The predicted octanol–water partition coefficient (Wildman–Crippen LogP) is 13.0. The number of hydrogen-bond donors (Lipinski definition) is 5. The molecule has 0 saturated carbocycles. The van der Waals surface area contributed by atoms with Gasteiger partial charge in [-0.25, -0.2) is 23.1 Å². The van der Waals surface area contributed by atoms with E-state index in [1.807, 2.05) is 159 Å². The van der Waals surface area contributed by atoms with Gasteiger partial charge in [-0.15, -0.1) is 0 Å². The van der Waals surface area contributed by atoms with Gasteiger partial charge in [-0.05, 0) is 197 Å². The van der Waals surface area contributed by atoms with Crippen LogP contribution < -0.4 is 37.9 Å². The summed E-state index contributed by atoms with van der Waals surface area (Å²) < 4.78 is 18.1. The van der Waals surface area contributed by atoms with Crippen LogP contribution in [0.25, 0.3) is 34.0 Å². The average Bonchev–Trinajstić information content (AvgIpc) is 1.68. The Balaban J connectivity index is 0.000000140. The number of halogens is 2. The van der Waals surface area contributed by atoms with Gasteiger partial charge in [0.1, 0.15) is 22.5 Å². The van der Waals surface area contributed by atoms with E-state index in [4.69, 9.17) is 20.0 Å². The Morgan fingerprint density at radius 2 is 0.785 bits per heavy atom. The molecular formula is C93H89Br2N15O11. The summed E-state index contributed by atoms with van der Waals surface area (Å²) in [6.45, 7) is 12.0. The highest BCUT2D eigenvalue weighted by Gasteiger charge is 2.34. The molecule has 3 aliphatic heterocycles. The van der Waals surface area contributed by atoms with Crippen molar-refractivity contribution in [3.05, 3.63) is 365 Å². The second-order valence-electron chi connectivity index (χ2n) is 30.6. The van der Waals surface area contributed by atoms with Gasteiger partial charge in [0.05, 0.1) is 71.4 Å². The molecule has 17 rings (SSSR count). The SMILES string of the molecule is CNC(=O)c1ccc(-n2c(=O)c3c(n4ncc(Cc5ccccc5)c24)CN(C(=O)OC(C)(C)C)CC3)cc1.CNC(=O)c1ccc(-n2c(=O)c3c(n4ncc(Cc5ccccc5)c24)CN(C(=O)c2ccc(Br)c(C)c2)CC3)cc1.CNC(=O)c1ccc(-n2c(=O)c3c(n4ncc(Cc5ccccc5)c24)CNCC3)cc1.Cc1cc(C(=O)O)ccc1Br. The van der Waals surface area contributed by atoms with Crippen LogP contribution in [0.15, 0.2) is 242 Å². The second kappa shape index (κ2) is 36.4. The third-order valence-electron chi connectivity index (χ3n) is 21.4. The number of carbonyl (C=O) groups excluding carboxylic acids is 5. The van der Waals surface area contributed by atoms with Crippen molar-refractivity contribution in [2.45, 2.75) is 98.4 Å². The number of aromatic carboxylic acids is 1. The van der Waals surface area contributed by atoms with E-state index in [0.717, 1.165) is 88.3 Å². The van der Waals surface area contributed by atoms with Gasteiger partial charge in [0.25, 0.3) is 40.3 Å². The summed E-state index contributed by atoms with van der Waals surface area (Å²) in [4.78, 5) is 118. The van der Waals surface area contributed by atoms with E-state index in [9.17, 15) is 43.2 Å². The number of hydrogen-bond acceptors (Lipinski definition) is 14. The van der Waals surface area contributed by atoms with E-state index in [2.05, 4.69) is 70.4 Å².